The molecule has 5 rings (SSSR count). The molecule has 0 bridgehead atoms. The van der Waals surface area contributed by atoms with Crippen LogP contribution in [0.1, 0.15) is 82.8 Å². The van der Waals surface area contributed by atoms with Crippen molar-refractivity contribution in [2.24, 2.45) is 0 Å². The van der Waals surface area contributed by atoms with Crippen molar-refractivity contribution in [2.75, 3.05) is 62.8 Å². The SMILES string of the molecule is CC(C)(C)Nc1cc(N2CCOCC2)nn2c(Cc3cccc(F)c3C3CCN(CCO[Si](C)(C)C(C)(C)C)CC3)c(CO)nc12. The maximum Gasteiger partial charge on any atom is 0.192 e. The van der Waals surface area contributed by atoms with Crippen molar-refractivity contribution in [3.8, 4) is 0 Å². The molecule has 2 N–H and O–H groups in total. The molecule has 9 nitrogen and oxygen atoms in total. The predicted molar refractivity (Wildman–Crippen MR) is 186 cm³/mol. The van der Waals surface area contributed by atoms with Crippen molar-refractivity contribution in [2.45, 2.75) is 97.0 Å². The summed E-state index contributed by atoms with van der Waals surface area (Å²) in [5.41, 5.74) is 4.38. The molecule has 2 saturated heterocycles. The largest absolute Gasteiger partial charge is 0.416 e. The molecule has 2 aromatic heterocycles. The van der Waals surface area contributed by atoms with Crippen LogP contribution in [0.4, 0.5) is 15.9 Å². The number of morpholine rings is 1. The lowest BCUT2D eigenvalue weighted by Gasteiger charge is -2.38. The number of hydrogen-bond donors (Lipinski definition) is 2. The van der Waals surface area contributed by atoms with E-state index in [1.165, 1.54) is 0 Å². The average Bonchev–Trinajstić information content (AvgIpc) is 3.34. The highest BCUT2D eigenvalue weighted by Gasteiger charge is 2.37. The number of fused-ring (bicyclic) bond motifs is 1. The summed E-state index contributed by atoms with van der Waals surface area (Å²) in [6, 6.07) is 7.45. The number of ether oxygens (including phenoxy) is 1. The quantitative estimate of drug-likeness (QED) is 0.250. The molecule has 0 radical (unpaired) electrons. The summed E-state index contributed by atoms with van der Waals surface area (Å²) in [6.07, 6.45) is 2.22. The molecule has 46 heavy (non-hydrogen) atoms. The van der Waals surface area contributed by atoms with Gasteiger partial charge in [-0.2, -0.15) is 0 Å². The molecule has 254 valence electrons. The number of halogens is 1. The predicted octanol–water partition coefficient (Wildman–Crippen LogP) is 6.20. The number of imidazole rings is 1. The fourth-order valence-electron chi connectivity index (χ4n) is 6.31. The van der Waals surface area contributed by atoms with Crippen molar-refractivity contribution in [3.63, 3.8) is 0 Å². The van der Waals surface area contributed by atoms with Gasteiger partial charge in [0, 0.05) is 44.3 Å². The Balaban J connectivity index is 1.40. The molecule has 0 aliphatic carbocycles. The summed E-state index contributed by atoms with van der Waals surface area (Å²) in [5, 5.41) is 19.3. The third-order valence-corrected chi connectivity index (χ3v) is 14.5. The topological polar surface area (TPSA) is 87.4 Å². The number of aliphatic hydroxyl groups is 1. The highest BCUT2D eigenvalue weighted by Crippen LogP contribution is 2.37. The fourth-order valence-corrected chi connectivity index (χ4v) is 7.34. The standard InChI is InChI=1S/C35H55FN6O3Si/c1-34(2,3)38-28-23-31(41-17-19-44-20-18-41)39-42-30(29(24-43)37-33(28)42)22-26-10-9-11-27(36)32(26)25-12-14-40(15-13-25)16-21-45-46(7,8)35(4,5)6/h9-11,23,25,38,43H,12-22,24H2,1-8H3. The van der Waals surface area contributed by atoms with Gasteiger partial charge in [0.05, 0.1) is 36.9 Å². The maximum atomic E-state index is 15.7. The van der Waals surface area contributed by atoms with Gasteiger partial charge in [-0.25, -0.2) is 13.9 Å². The molecular formula is C35H55FN6O3Si. The summed E-state index contributed by atoms with van der Waals surface area (Å²) < 4.78 is 29.6. The summed E-state index contributed by atoms with van der Waals surface area (Å²) in [7, 11) is -1.78. The third-order valence-electron chi connectivity index (χ3n) is 9.92. The van der Waals surface area contributed by atoms with Gasteiger partial charge in [0.25, 0.3) is 0 Å². The van der Waals surface area contributed by atoms with Gasteiger partial charge in [-0.3, -0.25) is 0 Å². The van der Waals surface area contributed by atoms with E-state index in [0.717, 1.165) is 80.5 Å². The lowest BCUT2D eigenvalue weighted by molar-refractivity contribution is 0.122. The first-order chi connectivity index (χ1) is 21.7. The van der Waals surface area contributed by atoms with Crippen LogP contribution in [-0.4, -0.2) is 91.0 Å². The van der Waals surface area contributed by atoms with Gasteiger partial charge in [0.2, 0.25) is 0 Å². The zero-order chi connectivity index (χ0) is 33.3. The maximum absolute atomic E-state index is 15.7. The highest BCUT2D eigenvalue weighted by molar-refractivity contribution is 6.74. The molecule has 0 atom stereocenters. The van der Waals surface area contributed by atoms with Gasteiger partial charge in [-0.1, -0.05) is 32.9 Å². The van der Waals surface area contributed by atoms with Crippen LogP contribution < -0.4 is 10.2 Å². The van der Waals surface area contributed by atoms with E-state index in [0.29, 0.717) is 31.0 Å². The van der Waals surface area contributed by atoms with E-state index in [9.17, 15) is 5.11 Å². The Morgan fingerprint density at radius 3 is 2.39 bits per heavy atom. The fraction of sp³-hybridized carbons (Fsp3) is 0.657. The lowest BCUT2D eigenvalue weighted by Crippen LogP contribution is -2.43. The zero-order valence-corrected chi connectivity index (χ0v) is 30.2. The monoisotopic (exact) mass is 654 g/mol. The molecule has 0 spiro atoms. The Labute approximate surface area is 275 Å². The number of anilines is 2. The van der Waals surface area contributed by atoms with E-state index >= 15 is 4.39 Å². The van der Waals surface area contributed by atoms with Crippen LogP contribution >= 0.6 is 0 Å². The molecule has 2 aliphatic heterocycles. The summed E-state index contributed by atoms with van der Waals surface area (Å²) >= 11 is 0. The molecule has 11 heteroatoms. The van der Waals surface area contributed by atoms with Crippen LogP contribution in [0.25, 0.3) is 5.65 Å². The Hall–Kier alpha value is -2.57. The van der Waals surface area contributed by atoms with Gasteiger partial charge in [0.1, 0.15) is 5.82 Å². The molecule has 0 unspecified atom stereocenters. The van der Waals surface area contributed by atoms with Gasteiger partial charge >= 0.3 is 0 Å². The Morgan fingerprint density at radius 2 is 1.76 bits per heavy atom. The number of nitrogens with zero attached hydrogens (tertiary/aromatic N) is 5. The lowest BCUT2D eigenvalue weighted by atomic mass is 9.84. The number of benzene rings is 1. The second-order valence-electron chi connectivity index (χ2n) is 15.5. The van der Waals surface area contributed by atoms with E-state index in [1.54, 1.807) is 12.1 Å². The van der Waals surface area contributed by atoms with Crippen molar-refractivity contribution in [1.29, 1.82) is 0 Å². The molecule has 0 saturated carbocycles. The molecule has 2 aliphatic rings. The number of aliphatic hydroxyl groups excluding tert-OH is 1. The van der Waals surface area contributed by atoms with Gasteiger partial charge in [-0.15, -0.1) is 5.10 Å². The first-order valence-corrected chi connectivity index (χ1v) is 19.8. The van der Waals surface area contributed by atoms with Gasteiger partial charge in [0.15, 0.2) is 19.8 Å². The summed E-state index contributed by atoms with van der Waals surface area (Å²) in [4.78, 5) is 9.55. The van der Waals surface area contributed by atoms with Gasteiger partial charge < -0.3 is 29.4 Å². The van der Waals surface area contributed by atoms with Crippen molar-refractivity contribution in [1.82, 2.24) is 19.5 Å². The van der Waals surface area contributed by atoms with Crippen molar-refractivity contribution in [3.05, 3.63) is 52.6 Å². The molecule has 1 aromatic carbocycles. The van der Waals surface area contributed by atoms with Crippen molar-refractivity contribution >= 4 is 25.5 Å². The number of hydrogen-bond acceptors (Lipinski definition) is 8. The van der Waals surface area contributed by atoms with Crippen LogP contribution in [0.3, 0.4) is 0 Å². The van der Waals surface area contributed by atoms with Crippen LogP contribution in [0.2, 0.25) is 18.1 Å². The minimum atomic E-state index is -1.78. The van der Waals surface area contributed by atoms with E-state index in [-0.39, 0.29) is 28.9 Å². The minimum Gasteiger partial charge on any atom is -0.416 e. The Bertz CT molecular complexity index is 1480. The Kier molecular flexibility index (Phi) is 10.5. The minimum absolute atomic E-state index is 0.125. The van der Waals surface area contributed by atoms with Crippen molar-refractivity contribution < 1.29 is 18.7 Å². The summed E-state index contributed by atoms with van der Waals surface area (Å²) in [6.45, 7) is 23.8. The molecule has 2 fully saturated rings. The molecule has 0 amide bonds. The number of rotatable bonds is 10. The smallest absolute Gasteiger partial charge is 0.192 e. The summed E-state index contributed by atoms with van der Waals surface area (Å²) in [5.74, 6) is 0.796. The van der Waals surface area contributed by atoms with E-state index in [1.807, 2.05) is 16.6 Å². The normalized spacial score (nSPS) is 17.7. The van der Waals surface area contributed by atoms with Crippen LogP contribution in [-0.2, 0) is 22.2 Å². The molecular weight excluding hydrogens is 600 g/mol. The first kappa shape index (κ1) is 34.8. The average molecular weight is 655 g/mol. The van der Waals surface area contributed by atoms with Gasteiger partial charge in [-0.05, 0) is 87.9 Å². The second kappa shape index (κ2) is 13.9. The van der Waals surface area contributed by atoms with E-state index < -0.39 is 8.32 Å². The third kappa shape index (κ3) is 7.93. The van der Waals surface area contributed by atoms with E-state index in [4.69, 9.17) is 19.2 Å². The number of likely N-dealkylation sites (tertiary alicyclic amines) is 1. The highest BCUT2D eigenvalue weighted by atomic mass is 28.4. The number of aromatic nitrogens is 3. The van der Waals surface area contributed by atoms with Crippen LogP contribution in [0.15, 0.2) is 24.3 Å². The van der Waals surface area contributed by atoms with Crippen LogP contribution in [0.5, 0.6) is 0 Å². The molecule has 3 aromatic rings. The zero-order valence-electron chi connectivity index (χ0n) is 29.2. The number of piperidine rings is 1. The van der Waals surface area contributed by atoms with E-state index in [2.05, 4.69) is 69.8 Å². The molecule has 4 heterocycles. The van der Waals surface area contributed by atoms with Crippen LogP contribution in [0, 0.1) is 5.82 Å². The second-order valence-corrected chi connectivity index (χ2v) is 20.3. The Morgan fingerprint density at radius 1 is 1.07 bits per heavy atom. The first-order valence-electron chi connectivity index (χ1n) is 16.9. The number of nitrogens with one attached hydrogen (secondary N) is 1.